The number of hydrogen-bond donors (Lipinski definition) is 0. The van der Waals surface area contributed by atoms with Crippen molar-refractivity contribution < 1.29 is 18.7 Å². The minimum Gasteiger partial charge on any atom is -0.472 e. The Kier molecular flexibility index (Phi) is 6.13. The Morgan fingerprint density at radius 3 is 2.75 bits per heavy atom. The van der Waals surface area contributed by atoms with Gasteiger partial charge < -0.3 is 18.8 Å². The molecule has 28 heavy (non-hydrogen) atoms. The van der Waals surface area contributed by atoms with E-state index in [0.29, 0.717) is 18.1 Å². The van der Waals surface area contributed by atoms with Gasteiger partial charge in [-0.05, 0) is 49.7 Å². The first-order chi connectivity index (χ1) is 13.7. The molecule has 5 nitrogen and oxygen atoms in total. The molecule has 1 unspecified atom stereocenters. The summed E-state index contributed by atoms with van der Waals surface area (Å²) in [4.78, 5) is 14.4. The van der Waals surface area contributed by atoms with Crippen LogP contribution in [0.25, 0.3) is 0 Å². The van der Waals surface area contributed by atoms with Gasteiger partial charge in [0.2, 0.25) is 0 Å². The molecule has 1 atom stereocenters. The highest BCUT2D eigenvalue weighted by Crippen LogP contribution is 2.39. The van der Waals surface area contributed by atoms with Crippen LogP contribution < -0.4 is 0 Å². The molecule has 150 valence electrons. The van der Waals surface area contributed by atoms with Gasteiger partial charge in [-0.25, -0.2) is 0 Å². The van der Waals surface area contributed by atoms with Crippen molar-refractivity contribution in [1.29, 1.82) is 0 Å². The van der Waals surface area contributed by atoms with Gasteiger partial charge in [0.1, 0.15) is 6.26 Å². The van der Waals surface area contributed by atoms with Crippen LogP contribution in [0.3, 0.4) is 0 Å². The van der Waals surface area contributed by atoms with Crippen molar-refractivity contribution in [2.24, 2.45) is 5.92 Å². The van der Waals surface area contributed by atoms with E-state index in [-0.39, 0.29) is 11.5 Å². The number of piperidine rings is 1. The van der Waals surface area contributed by atoms with E-state index in [4.69, 9.17) is 13.9 Å². The lowest BCUT2D eigenvalue weighted by molar-refractivity contribution is -0.126. The fourth-order valence-corrected chi connectivity index (χ4v) is 4.42. The standard InChI is InChI=1S/C23H29NO4/c25-22(21-8-14-27-18-21)24-11-9-23(10-12-24)16-19(7-15-28-23)6-13-26-17-20-4-2-1-3-5-20/h1-5,8,14,18-19H,6-7,9-13,15-17H2. The topological polar surface area (TPSA) is 51.9 Å². The largest absolute Gasteiger partial charge is 0.472 e. The first-order valence-electron chi connectivity index (χ1n) is 10.3. The highest BCUT2D eigenvalue weighted by atomic mass is 16.5. The molecule has 2 fully saturated rings. The number of hydrogen-bond acceptors (Lipinski definition) is 4. The number of likely N-dealkylation sites (tertiary alicyclic amines) is 1. The average molecular weight is 383 g/mol. The van der Waals surface area contributed by atoms with Gasteiger partial charge >= 0.3 is 0 Å². The highest BCUT2D eigenvalue weighted by Gasteiger charge is 2.41. The summed E-state index contributed by atoms with van der Waals surface area (Å²) in [6.07, 6.45) is 8.16. The first kappa shape index (κ1) is 19.2. The highest BCUT2D eigenvalue weighted by molar-refractivity contribution is 5.93. The summed E-state index contributed by atoms with van der Waals surface area (Å²) in [5.74, 6) is 0.700. The lowest BCUT2D eigenvalue weighted by atomic mass is 9.78. The van der Waals surface area contributed by atoms with Crippen LogP contribution in [0.4, 0.5) is 0 Å². The van der Waals surface area contributed by atoms with Crippen molar-refractivity contribution in [3.05, 3.63) is 60.1 Å². The van der Waals surface area contributed by atoms with Gasteiger partial charge in [0.25, 0.3) is 5.91 Å². The van der Waals surface area contributed by atoms with Gasteiger partial charge in [-0.3, -0.25) is 4.79 Å². The number of carbonyl (C=O) groups is 1. The molecule has 0 aliphatic carbocycles. The Balaban J connectivity index is 1.22. The van der Waals surface area contributed by atoms with Crippen LogP contribution in [0.1, 0.15) is 48.0 Å². The number of nitrogens with zero attached hydrogens (tertiary/aromatic N) is 1. The van der Waals surface area contributed by atoms with E-state index < -0.39 is 0 Å². The zero-order valence-corrected chi connectivity index (χ0v) is 16.3. The number of amides is 1. The van der Waals surface area contributed by atoms with E-state index in [1.807, 2.05) is 23.1 Å². The Morgan fingerprint density at radius 1 is 1.18 bits per heavy atom. The van der Waals surface area contributed by atoms with Gasteiger partial charge in [-0.15, -0.1) is 0 Å². The molecule has 5 heteroatoms. The van der Waals surface area contributed by atoms with Crippen LogP contribution in [0.5, 0.6) is 0 Å². The fraction of sp³-hybridized carbons (Fsp3) is 0.522. The van der Waals surface area contributed by atoms with Crippen LogP contribution in [0.15, 0.2) is 53.3 Å². The lowest BCUT2D eigenvalue weighted by Gasteiger charge is -2.46. The molecule has 1 aromatic carbocycles. The Morgan fingerprint density at radius 2 is 2.00 bits per heavy atom. The van der Waals surface area contributed by atoms with E-state index in [1.54, 1.807) is 12.3 Å². The van der Waals surface area contributed by atoms with Crippen molar-refractivity contribution in [1.82, 2.24) is 4.90 Å². The molecule has 0 radical (unpaired) electrons. The SMILES string of the molecule is O=C(c1ccoc1)N1CCC2(CC1)CC(CCOCc1ccccc1)CCO2. The molecule has 2 aliphatic rings. The van der Waals surface area contributed by atoms with E-state index >= 15 is 0 Å². The van der Waals surface area contributed by atoms with Crippen molar-refractivity contribution >= 4 is 5.91 Å². The Labute approximate surface area is 166 Å². The zero-order chi connectivity index (χ0) is 19.2. The summed E-state index contributed by atoms with van der Waals surface area (Å²) in [7, 11) is 0. The molecule has 1 aromatic heterocycles. The maximum Gasteiger partial charge on any atom is 0.257 e. The molecule has 2 aromatic rings. The number of furan rings is 1. The molecule has 2 saturated heterocycles. The molecule has 4 rings (SSSR count). The first-order valence-corrected chi connectivity index (χ1v) is 10.3. The third kappa shape index (κ3) is 4.65. The Bertz CT molecular complexity index is 735. The minimum atomic E-state index is -0.0600. The number of rotatable bonds is 6. The minimum absolute atomic E-state index is 0.0600. The van der Waals surface area contributed by atoms with Crippen LogP contribution in [0.2, 0.25) is 0 Å². The molecular formula is C23H29NO4. The van der Waals surface area contributed by atoms with Crippen LogP contribution >= 0.6 is 0 Å². The maximum absolute atomic E-state index is 12.5. The third-order valence-corrected chi connectivity index (χ3v) is 6.11. The fourth-order valence-electron chi connectivity index (χ4n) is 4.42. The molecular weight excluding hydrogens is 354 g/mol. The monoisotopic (exact) mass is 383 g/mol. The van der Waals surface area contributed by atoms with E-state index in [0.717, 1.165) is 58.4 Å². The van der Waals surface area contributed by atoms with Crippen molar-refractivity contribution in [3.8, 4) is 0 Å². The summed E-state index contributed by atoms with van der Waals surface area (Å²) in [5, 5.41) is 0. The molecule has 0 saturated carbocycles. The van der Waals surface area contributed by atoms with E-state index in [2.05, 4.69) is 12.1 Å². The normalized spacial score (nSPS) is 21.7. The number of benzene rings is 1. The third-order valence-electron chi connectivity index (χ3n) is 6.11. The van der Waals surface area contributed by atoms with Crippen molar-refractivity contribution in [3.63, 3.8) is 0 Å². The molecule has 3 heterocycles. The van der Waals surface area contributed by atoms with Crippen LogP contribution in [-0.4, -0.2) is 42.7 Å². The molecule has 0 N–H and O–H groups in total. The van der Waals surface area contributed by atoms with E-state index in [9.17, 15) is 4.79 Å². The quantitative estimate of drug-likeness (QED) is 0.699. The Hall–Kier alpha value is -2.11. The van der Waals surface area contributed by atoms with Crippen molar-refractivity contribution in [2.45, 2.75) is 44.3 Å². The second kappa shape index (κ2) is 8.93. The molecule has 1 amide bonds. The van der Waals surface area contributed by atoms with Crippen molar-refractivity contribution in [2.75, 3.05) is 26.3 Å². The second-order valence-corrected chi connectivity index (χ2v) is 8.02. The summed E-state index contributed by atoms with van der Waals surface area (Å²) in [5.41, 5.74) is 1.80. The zero-order valence-electron chi connectivity index (χ0n) is 16.3. The number of ether oxygens (including phenoxy) is 2. The van der Waals surface area contributed by atoms with Gasteiger partial charge in [0, 0.05) is 26.3 Å². The van der Waals surface area contributed by atoms with Gasteiger partial charge in [0.15, 0.2) is 0 Å². The molecule has 1 spiro atoms. The second-order valence-electron chi connectivity index (χ2n) is 8.02. The van der Waals surface area contributed by atoms with E-state index in [1.165, 1.54) is 11.8 Å². The number of carbonyl (C=O) groups excluding carboxylic acids is 1. The predicted molar refractivity (Wildman–Crippen MR) is 106 cm³/mol. The average Bonchev–Trinajstić information content (AvgIpc) is 3.27. The van der Waals surface area contributed by atoms with Crippen LogP contribution in [0, 0.1) is 5.92 Å². The van der Waals surface area contributed by atoms with Gasteiger partial charge in [0.05, 0.1) is 24.0 Å². The van der Waals surface area contributed by atoms with Gasteiger partial charge in [-0.1, -0.05) is 30.3 Å². The summed E-state index contributed by atoms with van der Waals surface area (Å²) >= 11 is 0. The lowest BCUT2D eigenvalue weighted by Crippen LogP contribution is -2.50. The molecule has 2 aliphatic heterocycles. The maximum atomic E-state index is 12.5. The van der Waals surface area contributed by atoms with Gasteiger partial charge in [-0.2, -0.15) is 0 Å². The smallest absolute Gasteiger partial charge is 0.257 e. The summed E-state index contributed by atoms with van der Waals surface area (Å²) < 4.78 is 17.2. The van der Waals surface area contributed by atoms with Crippen LogP contribution in [-0.2, 0) is 16.1 Å². The summed E-state index contributed by atoms with van der Waals surface area (Å²) in [6.45, 7) is 3.79. The predicted octanol–water partition coefficient (Wildman–Crippen LogP) is 4.29. The summed E-state index contributed by atoms with van der Waals surface area (Å²) in [6, 6.07) is 12.0. The molecule has 0 bridgehead atoms.